The summed E-state index contributed by atoms with van der Waals surface area (Å²) >= 11 is 6.98. The van der Waals surface area contributed by atoms with E-state index in [-0.39, 0.29) is 0 Å². The highest BCUT2D eigenvalue weighted by atomic mass is 32.1. The number of thiazole rings is 2. The number of rotatable bonds is 6. The average molecular weight is 759 g/mol. The molecule has 12 heteroatoms. The quantitative estimate of drug-likeness (QED) is 0.133. The number of pyridine rings is 2. The van der Waals surface area contributed by atoms with Gasteiger partial charge in [0.1, 0.15) is 9.66 Å². The van der Waals surface area contributed by atoms with Gasteiger partial charge in [0.2, 0.25) is 0 Å². The largest absolute Gasteiger partial charge is 0.355 e. The molecule has 1 atom stereocenters. The normalized spacial score (nSPS) is 16.7. The van der Waals surface area contributed by atoms with Crippen molar-refractivity contribution in [3.05, 3.63) is 99.9 Å². The molecule has 0 spiro atoms. The monoisotopic (exact) mass is 758 g/mol. The third kappa shape index (κ3) is 7.32. The van der Waals surface area contributed by atoms with Crippen LogP contribution in [0.5, 0.6) is 0 Å². The lowest BCUT2D eigenvalue weighted by Crippen LogP contribution is -2.13. The van der Waals surface area contributed by atoms with Crippen LogP contribution in [0.25, 0.3) is 46.4 Å². The Bertz CT molecular complexity index is 2500. The maximum atomic E-state index is 4.62. The third-order valence-corrected chi connectivity index (χ3v) is 13.6. The molecule has 10 rings (SSSR count). The van der Waals surface area contributed by atoms with Gasteiger partial charge in [-0.1, -0.05) is 6.08 Å². The van der Waals surface area contributed by atoms with Gasteiger partial charge in [0, 0.05) is 44.3 Å². The molecule has 0 amide bonds. The molecule has 0 aliphatic carbocycles. The van der Waals surface area contributed by atoms with Gasteiger partial charge in [0.15, 0.2) is 0 Å². The zero-order chi connectivity index (χ0) is 34.7. The zero-order valence-corrected chi connectivity index (χ0v) is 31.8. The summed E-state index contributed by atoms with van der Waals surface area (Å²) in [4.78, 5) is 23.0. The van der Waals surface area contributed by atoms with Crippen LogP contribution in [-0.2, 0) is 0 Å². The molecule has 1 fully saturated rings. The van der Waals surface area contributed by atoms with Crippen LogP contribution in [-0.4, -0.2) is 46.1 Å². The SMILES string of the molecule is C1=C(c2cc3c(Nc4ccc5scnc5c4)ccnc3s2)CCNCC1.c1cc(Nc2ccc3scnc3c2)c2cc(C3CCCNCC3)sc2n1. The van der Waals surface area contributed by atoms with E-state index in [0.717, 1.165) is 82.5 Å². The van der Waals surface area contributed by atoms with E-state index < -0.39 is 0 Å². The molecule has 0 radical (unpaired) electrons. The number of aromatic nitrogens is 4. The molecule has 8 aromatic rings. The fraction of sp³-hybridized carbons (Fsp3) is 0.250. The van der Waals surface area contributed by atoms with E-state index in [1.807, 2.05) is 40.8 Å². The van der Waals surface area contributed by atoms with Gasteiger partial charge in [-0.2, -0.15) is 0 Å². The number of hydrogen-bond acceptors (Lipinski definition) is 12. The lowest BCUT2D eigenvalue weighted by molar-refractivity contribution is 0.619. The van der Waals surface area contributed by atoms with Gasteiger partial charge >= 0.3 is 0 Å². The zero-order valence-electron chi connectivity index (χ0n) is 28.5. The smallest absolute Gasteiger partial charge is 0.125 e. The fourth-order valence-corrected chi connectivity index (χ4v) is 10.6. The molecular weight excluding hydrogens is 721 g/mol. The van der Waals surface area contributed by atoms with Crippen LogP contribution < -0.4 is 21.3 Å². The van der Waals surface area contributed by atoms with E-state index in [4.69, 9.17) is 0 Å². The van der Waals surface area contributed by atoms with Crippen LogP contribution >= 0.6 is 45.3 Å². The molecule has 52 heavy (non-hydrogen) atoms. The molecule has 2 aliphatic heterocycles. The highest BCUT2D eigenvalue weighted by molar-refractivity contribution is 7.20. The minimum absolute atomic E-state index is 0.656. The molecule has 262 valence electrons. The lowest BCUT2D eigenvalue weighted by atomic mass is 9.98. The standard InChI is InChI=1S/C20H20N4S2.C20H18N4S2/c2*1-2-13(5-8-21-7-1)19-11-15-16(6-9-22-20(15)26-19)24-14-3-4-18-17(10-14)23-12-25-18/h3-4,6,9-13,21H,1-2,5,7-8H2,(H,22,24);2-4,6,9-12,21H,1,5,7-8H2,(H,22,24). The number of thiophene rings is 2. The van der Waals surface area contributed by atoms with Crippen LogP contribution in [0.1, 0.15) is 47.8 Å². The van der Waals surface area contributed by atoms with E-state index in [2.05, 4.69) is 102 Å². The lowest BCUT2D eigenvalue weighted by Gasteiger charge is -2.10. The van der Waals surface area contributed by atoms with Crippen LogP contribution in [0.2, 0.25) is 0 Å². The highest BCUT2D eigenvalue weighted by Gasteiger charge is 2.18. The van der Waals surface area contributed by atoms with Crippen LogP contribution in [0, 0.1) is 0 Å². The Morgan fingerprint density at radius 1 is 0.635 bits per heavy atom. The Hall–Kier alpha value is -4.30. The summed E-state index contributed by atoms with van der Waals surface area (Å²) in [6.45, 7) is 4.38. The first-order chi connectivity index (χ1) is 25.7. The first kappa shape index (κ1) is 33.5. The number of benzene rings is 2. The van der Waals surface area contributed by atoms with Crippen molar-refractivity contribution in [1.29, 1.82) is 0 Å². The molecule has 1 saturated heterocycles. The summed E-state index contributed by atoms with van der Waals surface area (Å²) in [5, 5.41) is 16.5. The van der Waals surface area contributed by atoms with Gasteiger partial charge in [-0.15, -0.1) is 45.3 Å². The van der Waals surface area contributed by atoms with Crippen molar-refractivity contribution in [1.82, 2.24) is 30.6 Å². The molecule has 4 N–H and O–H groups in total. The van der Waals surface area contributed by atoms with E-state index in [1.165, 1.54) is 54.8 Å². The Kier molecular flexibility index (Phi) is 9.90. The molecule has 0 bridgehead atoms. The van der Waals surface area contributed by atoms with E-state index >= 15 is 0 Å². The second-order valence-electron chi connectivity index (χ2n) is 13.1. The third-order valence-electron chi connectivity index (χ3n) is 9.69. The number of nitrogens with zero attached hydrogens (tertiary/aromatic N) is 4. The van der Waals surface area contributed by atoms with Gasteiger partial charge in [0.05, 0.1) is 42.8 Å². The molecule has 8 nitrogen and oxygen atoms in total. The minimum atomic E-state index is 0.656. The number of hydrogen-bond donors (Lipinski definition) is 4. The van der Waals surface area contributed by atoms with Gasteiger partial charge in [-0.3, -0.25) is 0 Å². The Morgan fingerprint density at radius 3 is 2.04 bits per heavy atom. The van der Waals surface area contributed by atoms with Crippen molar-refractivity contribution >= 4 is 115 Å². The van der Waals surface area contributed by atoms with Gasteiger partial charge in [0.25, 0.3) is 0 Å². The second-order valence-corrected chi connectivity index (χ2v) is 17.0. The Labute approximate surface area is 318 Å². The van der Waals surface area contributed by atoms with Crippen molar-refractivity contribution in [3.63, 3.8) is 0 Å². The Balaban J connectivity index is 0.000000138. The summed E-state index contributed by atoms with van der Waals surface area (Å²) in [6, 6.07) is 21.5. The first-order valence-electron chi connectivity index (χ1n) is 17.8. The van der Waals surface area contributed by atoms with Gasteiger partial charge in [-0.05, 0) is 130 Å². The second kappa shape index (κ2) is 15.4. The van der Waals surface area contributed by atoms with Crippen LogP contribution in [0.4, 0.5) is 22.7 Å². The summed E-state index contributed by atoms with van der Waals surface area (Å²) in [6.07, 6.45) is 12.1. The molecular formula is C40H38N8S4. The van der Waals surface area contributed by atoms with Crippen LogP contribution in [0.15, 0.2) is 90.2 Å². The number of anilines is 4. The van der Waals surface area contributed by atoms with Crippen molar-refractivity contribution in [3.8, 4) is 0 Å². The molecule has 0 saturated carbocycles. The molecule has 8 heterocycles. The van der Waals surface area contributed by atoms with E-state index in [9.17, 15) is 0 Å². The van der Waals surface area contributed by atoms with E-state index in [0.29, 0.717) is 5.92 Å². The topological polar surface area (TPSA) is 99.7 Å². The number of fused-ring (bicyclic) bond motifs is 4. The van der Waals surface area contributed by atoms with Crippen molar-refractivity contribution in [2.24, 2.45) is 0 Å². The Morgan fingerprint density at radius 2 is 1.31 bits per heavy atom. The molecule has 6 aromatic heterocycles. The van der Waals surface area contributed by atoms with Crippen molar-refractivity contribution in [2.75, 3.05) is 36.8 Å². The first-order valence-corrected chi connectivity index (χ1v) is 21.2. The predicted octanol–water partition coefficient (Wildman–Crippen LogP) is 10.9. The van der Waals surface area contributed by atoms with Crippen molar-refractivity contribution < 1.29 is 0 Å². The van der Waals surface area contributed by atoms with Crippen molar-refractivity contribution in [2.45, 2.75) is 38.0 Å². The maximum Gasteiger partial charge on any atom is 0.125 e. The number of nitrogens with one attached hydrogen (secondary N) is 4. The molecule has 2 aliphatic rings. The molecule has 1 unspecified atom stereocenters. The maximum absolute atomic E-state index is 4.62. The summed E-state index contributed by atoms with van der Waals surface area (Å²) < 4.78 is 2.43. The fourth-order valence-electron chi connectivity index (χ4n) is 6.98. The highest BCUT2D eigenvalue weighted by Crippen LogP contribution is 2.39. The summed E-state index contributed by atoms with van der Waals surface area (Å²) in [5.74, 6) is 0.656. The minimum Gasteiger partial charge on any atom is -0.355 e. The van der Waals surface area contributed by atoms with Crippen LogP contribution in [0.3, 0.4) is 0 Å². The average Bonchev–Trinajstić information content (AvgIpc) is 3.94. The van der Waals surface area contributed by atoms with Gasteiger partial charge < -0.3 is 21.3 Å². The van der Waals surface area contributed by atoms with Gasteiger partial charge in [-0.25, -0.2) is 19.9 Å². The summed E-state index contributed by atoms with van der Waals surface area (Å²) in [5.41, 5.74) is 11.6. The summed E-state index contributed by atoms with van der Waals surface area (Å²) in [7, 11) is 0. The van der Waals surface area contributed by atoms with E-state index in [1.54, 1.807) is 34.0 Å². The molecule has 2 aromatic carbocycles. The predicted molar refractivity (Wildman–Crippen MR) is 225 cm³/mol.